The minimum atomic E-state index is -0.839. The molecule has 34 heavy (non-hydrogen) atoms. The van der Waals surface area contributed by atoms with Gasteiger partial charge in [0.05, 0.1) is 9.85 Å². The van der Waals surface area contributed by atoms with E-state index in [-0.39, 0.29) is 28.1 Å². The first-order chi connectivity index (χ1) is 16.2. The zero-order valence-electron chi connectivity index (χ0n) is 17.8. The molecular weight excluding hydrogens is 484 g/mol. The number of hydrogen-bond acceptors (Lipinski definition) is 9. The molecule has 0 saturated carbocycles. The second-order valence-corrected chi connectivity index (χ2v) is 9.44. The monoisotopic (exact) mass is 500 g/mol. The van der Waals surface area contributed by atoms with Gasteiger partial charge in [-0.1, -0.05) is 13.8 Å². The summed E-state index contributed by atoms with van der Waals surface area (Å²) in [7, 11) is 0. The lowest BCUT2D eigenvalue weighted by Crippen LogP contribution is -2.51. The Hall–Kier alpha value is -3.71. The van der Waals surface area contributed by atoms with Crippen LogP contribution in [0.4, 0.5) is 16.2 Å². The molecule has 1 aliphatic heterocycles. The highest BCUT2D eigenvalue weighted by Gasteiger charge is 2.46. The predicted molar refractivity (Wildman–Crippen MR) is 127 cm³/mol. The molecular formula is C21H16N4O7S2. The van der Waals surface area contributed by atoms with Crippen LogP contribution in [0.1, 0.15) is 25.0 Å². The number of nitro groups is 2. The molecule has 1 heterocycles. The number of fused-ring (bicyclic) bond motifs is 3. The number of non-ortho nitro benzene ring substituents is 2. The fraction of sp³-hybridized carbons (Fsp3) is 0.190. The molecule has 4 rings (SSSR count). The molecule has 0 aromatic heterocycles. The fourth-order valence-electron chi connectivity index (χ4n) is 3.84. The Kier molecular flexibility index (Phi) is 6.15. The lowest BCUT2D eigenvalue weighted by Gasteiger charge is -2.32. The first kappa shape index (κ1) is 23.4. The van der Waals surface area contributed by atoms with E-state index in [9.17, 15) is 34.6 Å². The first-order valence-electron chi connectivity index (χ1n) is 10.0. The van der Waals surface area contributed by atoms with Gasteiger partial charge in [0.25, 0.3) is 23.2 Å². The summed E-state index contributed by atoms with van der Waals surface area (Å²) in [5, 5.41) is 22.8. The van der Waals surface area contributed by atoms with Gasteiger partial charge in [-0.25, -0.2) is 4.79 Å². The Labute approximate surface area is 201 Å². The van der Waals surface area contributed by atoms with Crippen LogP contribution < -0.4 is 0 Å². The summed E-state index contributed by atoms with van der Waals surface area (Å²) in [5.41, 5.74) is 0.638. The van der Waals surface area contributed by atoms with E-state index in [0.717, 1.165) is 32.5 Å². The van der Waals surface area contributed by atoms with Crippen LogP contribution in [0.5, 0.6) is 0 Å². The molecule has 0 atom stereocenters. The molecule has 1 aliphatic carbocycles. The van der Waals surface area contributed by atoms with Gasteiger partial charge >= 0.3 is 6.03 Å². The van der Waals surface area contributed by atoms with Crippen molar-refractivity contribution >= 4 is 58.7 Å². The summed E-state index contributed by atoms with van der Waals surface area (Å²) >= 11 is 1.87. The SMILES string of the molecule is CCSN1C(=O)C(=C2c3cc([N+](=O)[O-])ccc3-c3cc([N+](=O)[O-])ccc32)C(=O)N(SCC)C1=O. The van der Waals surface area contributed by atoms with Crippen LogP contribution in [0.2, 0.25) is 0 Å². The van der Waals surface area contributed by atoms with Crippen LogP contribution >= 0.6 is 23.9 Å². The summed E-state index contributed by atoms with van der Waals surface area (Å²) in [6.45, 7) is 3.49. The van der Waals surface area contributed by atoms with Gasteiger partial charge in [-0.05, 0) is 58.3 Å². The summed E-state index contributed by atoms with van der Waals surface area (Å²) in [5.74, 6) is -0.921. The second kappa shape index (κ2) is 8.91. The predicted octanol–water partition coefficient (Wildman–Crippen LogP) is 4.41. The minimum absolute atomic E-state index is 0.106. The number of nitro benzene ring substituents is 2. The van der Waals surface area contributed by atoms with Crippen molar-refractivity contribution in [2.75, 3.05) is 11.5 Å². The number of barbiturate groups is 1. The molecule has 2 aromatic carbocycles. The minimum Gasteiger partial charge on any atom is -0.267 e. The van der Waals surface area contributed by atoms with Crippen molar-refractivity contribution in [2.24, 2.45) is 0 Å². The highest BCUT2D eigenvalue weighted by atomic mass is 32.2. The highest BCUT2D eigenvalue weighted by molar-refractivity contribution is 7.99. The van der Waals surface area contributed by atoms with E-state index in [4.69, 9.17) is 0 Å². The summed E-state index contributed by atoms with van der Waals surface area (Å²) in [4.78, 5) is 61.3. The molecule has 0 unspecified atom stereocenters. The fourth-order valence-corrected chi connectivity index (χ4v) is 5.21. The Morgan fingerprint density at radius 2 is 1.18 bits per heavy atom. The molecule has 2 aliphatic rings. The maximum Gasteiger partial charge on any atom is 0.354 e. The van der Waals surface area contributed by atoms with Crippen molar-refractivity contribution in [1.29, 1.82) is 0 Å². The van der Waals surface area contributed by atoms with Crippen molar-refractivity contribution in [3.8, 4) is 11.1 Å². The Balaban J connectivity index is 2.06. The zero-order valence-corrected chi connectivity index (χ0v) is 19.5. The number of amides is 4. The Morgan fingerprint density at radius 1 is 0.706 bits per heavy atom. The van der Waals surface area contributed by atoms with Gasteiger partial charge in [0.1, 0.15) is 5.57 Å². The standard InChI is InChI=1S/C21H16N4O7S2/c1-3-33-22-19(26)18(20(27)23(21(22)28)34-4-2)17-14-8-6-11(24(29)30)9-15(14)13-7-5-12(25(31)32)10-16(13)17/h5-10H,3-4H2,1-2H3. The molecule has 2 aromatic rings. The third kappa shape index (κ3) is 3.62. The van der Waals surface area contributed by atoms with E-state index in [0.29, 0.717) is 28.2 Å². The van der Waals surface area contributed by atoms with Crippen LogP contribution in [-0.2, 0) is 9.59 Å². The van der Waals surface area contributed by atoms with E-state index >= 15 is 0 Å². The van der Waals surface area contributed by atoms with Gasteiger partial charge in [-0.2, -0.15) is 8.61 Å². The summed E-state index contributed by atoms with van der Waals surface area (Å²) in [6, 6.07) is 7.08. The molecule has 0 bridgehead atoms. The van der Waals surface area contributed by atoms with E-state index < -0.39 is 27.7 Å². The molecule has 1 saturated heterocycles. The number of rotatable bonds is 6. The number of carbonyl (C=O) groups excluding carboxylic acids is 3. The molecule has 0 spiro atoms. The number of nitrogens with zero attached hydrogens (tertiary/aromatic N) is 4. The normalized spacial score (nSPS) is 15.1. The zero-order chi connectivity index (χ0) is 24.7. The van der Waals surface area contributed by atoms with Gasteiger partial charge in [-0.15, -0.1) is 0 Å². The number of carbonyl (C=O) groups is 3. The van der Waals surface area contributed by atoms with Gasteiger partial charge in [0.15, 0.2) is 0 Å². The van der Waals surface area contributed by atoms with Crippen molar-refractivity contribution in [2.45, 2.75) is 13.8 Å². The maximum atomic E-state index is 13.4. The van der Waals surface area contributed by atoms with Crippen LogP contribution in [0, 0.1) is 20.2 Å². The van der Waals surface area contributed by atoms with Gasteiger partial charge < -0.3 is 0 Å². The van der Waals surface area contributed by atoms with E-state index in [1.165, 1.54) is 36.4 Å². The van der Waals surface area contributed by atoms with Gasteiger partial charge in [-0.3, -0.25) is 29.8 Å². The van der Waals surface area contributed by atoms with Gasteiger partial charge in [0, 0.05) is 41.3 Å². The Morgan fingerprint density at radius 3 is 1.65 bits per heavy atom. The van der Waals surface area contributed by atoms with Crippen LogP contribution in [0.25, 0.3) is 16.7 Å². The highest BCUT2D eigenvalue weighted by Crippen LogP contribution is 2.49. The summed E-state index contributed by atoms with van der Waals surface area (Å²) < 4.78 is 1.79. The lowest BCUT2D eigenvalue weighted by atomic mass is 9.95. The lowest BCUT2D eigenvalue weighted by molar-refractivity contribution is -0.385. The Bertz CT molecular complexity index is 1290. The van der Waals surface area contributed by atoms with Crippen LogP contribution in [-0.4, -0.2) is 47.8 Å². The third-order valence-electron chi connectivity index (χ3n) is 5.17. The quantitative estimate of drug-likeness (QED) is 0.158. The van der Waals surface area contributed by atoms with Crippen molar-refractivity contribution < 1.29 is 24.2 Å². The van der Waals surface area contributed by atoms with Crippen LogP contribution in [0.15, 0.2) is 42.0 Å². The number of urea groups is 1. The molecule has 0 N–H and O–H groups in total. The summed E-state index contributed by atoms with van der Waals surface area (Å²) in [6.07, 6.45) is 0. The molecule has 0 radical (unpaired) electrons. The molecule has 174 valence electrons. The number of hydrogen-bond donors (Lipinski definition) is 0. The average molecular weight is 501 g/mol. The largest absolute Gasteiger partial charge is 0.354 e. The average Bonchev–Trinajstić information content (AvgIpc) is 3.12. The van der Waals surface area contributed by atoms with Crippen molar-refractivity contribution in [1.82, 2.24) is 8.61 Å². The topological polar surface area (TPSA) is 144 Å². The van der Waals surface area contributed by atoms with Crippen LogP contribution in [0.3, 0.4) is 0 Å². The van der Waals surface area contributed by atoms with E-state index in [1.807, 2.05) is 0 Å². The second-order valence-electron chi connectivity index (χ2n) is 7.04. The number of imide groups is 2. The van der Waals surface area contributed by atoms with Crippen molar-refractivity contribution in [3.63, 3.8) is 0 Å². The van der Waals surface area contributed by atoms with E-state index in [1.54, 1.807) is 13.8 Å². The molecule has 13 heteroatoms. The molecule has 1 fully saturated rings. The van der Waals surface area contributed by atoms with Gasteiger partial charge in [0.2, 0.25) is 0 Å². The number of benzene rings is 2. The molecule has 11 nitrogen and oxygen atoms in total. The smallest absolute Gasteiger partial charge is 0.267 e. The molecule has 4 amide bonds. The van der Waals surface area contributed by atoms with E-state index in [2.05, 4.69) is 0 Å². The third-order valence-corrected chi connectivity index (χ3v) is 6.84. The first-order valence-corrected chi connectivity index (χ1v) is 11.9. The van der Waals surface area contributed by atoms with Crippen molar-refractivity contribution in [3.05, 3.63) is 73.3 Å². The maximum absolute atomic E-state index is 13.4.